The molecule has 8 nitrogen and oxygen atoms in total. The molecule has 0 radical (unpaired) electrons. The molecule has 2 amide bonds. The third-order valence-corrected chi connectivity index (χ3v) is 7.54. The van der Waals surface area contributed by atoms with Crippen LogP contribution < -0.4 is 9.62 Å². The maximum atomic E-state index is 13.7. The van der Waals surface area contributed by atoms with E-state index >= 15 is 0 Å². The van der Waals surface area contributed by atoms with Gasteiger partial charge in [-0.05, 0) is 49.6 Å². The van der Waals surface area contributed by atoms with Crippen LogP contribution in [0.1, 0.15) is 39.2 Å². The Labute approximate surface area is 207 Å². The van der Waals surface area contributed by atoms with Crippen LogP contribution in [-0.2, 0) is 26.3 Å². The standard InChI is InChI=1S/C25H35FN4O4S/c1-6-19(3)27-25(32)23(7-2)29(17-20-11-9-8-10-12-20)24(31)18-30(35(33,34)28(4)5)22-15-13-21(26)14-16-22/h8-16,19,23H,6-7,17-18H2,1-5H3,(H,27,32)/t19-,23+/m1/s1. The summed E-state index contributed by atoms with van der Waals surface area (Å²) in [6, 6.07) is 13.2. The number of anilines is 1. The number of carbonyl (C=O) groups excluding carboxylic acids is 2. The van der Waals surface area contributed by atoms with E-state index in [2.05, 4.69) is 5.32 Å². The average molecular weight is 507 g/mol. The molecule has 0 aliphatic rings. The predicted octanol–water partition coefficient (Wildman–Crippen LogP) is 3.16. The van der Waals surface area contributed by atoms with Crippen LogP contribution in [0, 0.1) is 5.82 Å². The summed E-state index contributed by atoms with van der Waals surface area (Å²) in [5.74, 6) is -1.37. The Kier molecular flexibility index (Phi) is 10.2. The van der Waals surface area contributed by atoms with Crippen LogP contribution in [0.15, 0.2) is 54.6 Å². The van der Waals surface area contributed by atoms with Crippen LogP contribution >= 0.6 is 0 Å². The molecule has 0 aromatic heterocycles. The highest BCUT2D eigenvalue weighted by molar-refractivity contribution is 7.90. The van der Waals surface area contributed by atoms with Crippen molar-refractivity contribution in [1.29, 1.82) is 0 Å². The third-order valence-electron chi connectivity index (χ3n) is 5.72. The zero-order valence-corrected chi connectivity index (χ0v) is 21.8. The molecule has 1 N–H and O–H groups in total. The van der Waals surface area contributed by atoms with Crippen LogP contribution in [0.25, 0.3) is 0 Å². The maximum Gasteiger partial charge on any atom is 0.304 e. The number of halogens is 1. The lowest BCUT2D eigenvalue weighted by Crippen LogP contribution is -2.54. The van der Waals surface area contributed by atoms with Gasteiger partial charge in [-0.1, -0.05) is 44.2 Å². The minimum atomic E-state index is -4.09. The number of hydrogen-bond acceptors (Lipinski definition) is 4. The molecular formula is C25H35FN4O4S. The molecule has 2 aromatic rings. The molecule has 2 aromatic carbocycles. The topological polar surface area (TPSA) is 90.0 Å². The number of benzene rings is 2. The Morgan fingerprint density at radius 3 is 2.09 bits per heavy atom. The predicted molar refractivity (Wildman–Crippen MR) is 135 cm³/mol. The minimum Gasteiger partial charge on any atom is -0.352 e. The molecule has 0 aliphatic carbocycles. The highest BCUT2D eigenvalue weighted by Gasteiger charge is 2.34. The molecule has 0 fully saturated rings. The summed E-state index contributed by atoms with van der Waals surface area (Å²) in [6.45, 7) is 5.22. The van der Waals surface area contributed by atoms with E-state index < -0.39 is 34.5 Å². The van der Waals surface area contributed by atoms with Gasteiger partial charge in [0.25, 0.3) is 0 Å². The molecule has 35 heavy (non-hydrogen) atoms. The van der Waals surface area contributed by atoms with Gasteiger partial charge in [-0.15, -0.1) is 0 Å². The van der Waals surface area contributed by atoms with Crippen molar-refractivity contribution in [3.63, 3.8) is 0 Å². The normalized spacial score (nSPS) is 13.2. The zero-order chi connectivity index (χ0) is 26.2. The summed E-state index contributed by atoms with van der Waals surface area (Å²) < 4.78 is 41.6. The molecule has 0 unspecified atom stereocenters. The van der Waals surface area contributed by atoms with E-state index in [1.165, 1.54) is 31.1 Å². The summed E-state index contributed by atoms with van der Waals surface area (Å²) in [5.41, 5.74) is 0.949. The van der Waals surface area contributed by atoms with Gasteiger partial charge in [-0.25, -0.2) is 8.70 Å². The van der Waals surface area contributed by atoms with Crippen LogP contribution in [0.5, 0.6) is 0 Å². The van der Waals surface area contributed by atoms with Gasteiger partial charge in [0.1, 0.15) is 18.4 Å². The smallest absolute Gasteiger partial charge is 0.304 e. The van der Waals surface area contributed by atoms with E-state index in [1.54, 1.807) is 6.92 Å². The van der Waals surface area contributed by atoms with Crippen molar-refractivity contribution < 1.29 is 22.4 Å². The van der Waals surface area contributed by atoms with Gasteiger partial charge >= 0.3 is 10.2 Å². The fourth-order valence-electron chi connectivity index (χ4n) is 3.46. The van der Waals surface area contributed by atoms with Crippen molar-refractivity contribution in [3.8, 4) is 0 Å². The Morgan fingerprint density at radius 1 is 0.971 bits per heavy atom. The van der Waals surface area contributed by atoms with Crippen molar-refractivity contribution in [1.82, 2.24) is 14.5 Å². The summed E-state index contributed by atoms with van der Waals surface area (Å²) in [7, 11) is -1.38. The molecule has 0 bridgehead atoms. The Hall–Kier alpha value is -2.98. The van der Waals surface area contributed by atoms with Gasteiger partial charge < -0.3 is 10.2 Å². The molecular weight excluding hydrogens is 471 g/mol. The molecule has 0 heterocycles. The first-order chi connectivity index (χ1) is 16.5. The monoisotopic (exact) mass is 506 g/mol. The summed E-state index contributed by atoms with van der Waals surface area (Å²) in [4.78, 5) is 28.2. The van der Waals surface area contributed by atoms with E-state index in [1.807, 2.05) is 44.2 Å². The number of nitrogens with zero attached hydrogens (tertiary/aromatic N) is 3. The fourth-order valence-corrected chi connectivity index (χ4v) is 4.52. The van der Waals surface area contributed by atoms with Crippen LogP contribution in [0.3, 0.4) is 0 Å². The van der Waals surface area contributed by atoms with E-state index in [0.717, 1.165) is 32.7 Å². The zero-order valence-electron chi connectivity index (χ0n) is 20.9. The second-order valence-electron chi connectivity index (χ2n) is 8.52. The number of carbonyl (C=O) groups is 2. The van der Waals surface area contributed by atoms with Gasteiger partial charge in [0.05, 0.1) is 5.69 Å². The second-order valence-corrected chi connectivity index (χ2v) is 10.6. The Morgan fingerprint density at radius 2 is 1.57 bits per heavy atom. The molecule has 0 saturated heterocycles. The molecule has 0 saturated carbocycles. The molecule has 0 aliphatic heterocycles. The summed E-state index contributed by atoms with van der Waals surface area (Å²) >= 11 is 0. The quantitative estimate of drug-likeness (QED) is 0.479. The summed E-state index contributed by atoms with van der Waals surface area (Å²) in [5, 5.41) is 2.93. The first-order valence-electron chi connectivity index (χ1n) is 11.6. The number of amides is 2. The molecule has 2 rings (SSSR count). The highest BCUT2D eigenvalue weighted by atomic mass is 32.2. The van der Waals surface area contributed by atoms with Crippen molar-refractivity contribution in [2.45, 2.75) is 52.2 Å². The molecule has 2 atom stereocenters. The van der Waals surface area contributed by atoms with Crippen LogP contribution in [0.4, 0.5) is 10.1 Å². The molecule has 0 spiro atoms. The van der Waals surface area contributed by atoms with Crippen LogP contribution in [0.2, 0.25) is 0 Å². The molecule has 10 heteroatoms. The van der Waals surface area contributed by atoms with Crippen molar-refractivity contribution in [3.05, 3.63) is 66.0 Å². The van der Waals surface area contributed by atoms with Gasteiger partial charge in [0, 0.05) is 26.7 Å². The van der Waals surface area contributed by atoms with E-state index in [-0.39, 0.29) is 24.2 Å². The van der Waals surface area contributed by atoms with E-state index in [9.17, 15) is 22.4 Å². The minimum absolute atomic E-state index is 0.0740. The SMILES string of the molecule is CC[C@@H](C)NC(=O)[C@H](CC)N(Cc1ccccc1)C(=O)CN(c1ccc(F)cc1)S(=O)(=O)N(C)C. The van der Waals surface area contributed by atoms with Gasteiger partial charge in [0.15, 0.2) is 0 Å². The lowest BCUT2D eigenvalue weighted by Gasteiger charge is -2.34. The Balaban J connectivity index is 2.47. The summed E-state index contributed by atoms with van der Waals surface area (Å²) in [6.07, 6.45) is 1.08. The van der Waals surface area contributed by atoms with Crippen LogP contribution in [-0.4, -0.2) is 62.2 Å². The second kappa shape index (κ2) is 12.6. The largest absolute Gasteiger partial charge is 0.352 e. The highest BCUT2D eigenvalue weighted by Crippen LogP contribution is 2.22. The fraction of sp³-hybridized carbons (Fsp3) is 0.440. The lowest BCUT2D eigenvalue weighted by atomic mass is 10.1. The van der Waals surface area contributed by atoms with Crippen molar-refractivity contribution in [2.75, 3.05) is 24.9 Å². The first-order valence-corrected chi connectivity index (χ1v) is 13.0. The first kappa shape index (κ1) is 28.3. The van der Waals surface area contributed by atoms with Gasteiger partial charge in [-0.2, -0.15) is 12.7 Å². The third kappa shape index (κ3) is 7.50. The van der Waals surface area contributed by atoms with Gasteiger partial charge in [-0.3, -0.25) is 9.59 Å². The number of nitrogens with one attached hydrogen (secondary N) is 1. The van der Waals surface area contributed by atoms with Crippen molar-refractivity contribution in [2.24, 2.45) is 0 Å². The average Bonchev–Trinajstić information content (AvgIpc) is 2.83. The maximum absolute atomic E-state index is 13.7. The molecule has 192 valence electrons. The van der Waals surface area contributed by atoms with E-state index in [4.69, 9.17) is 0 Å². The lowest BCUT2D eigenvalue weighted by molar-refractivity contribution is -0.140. The number of hydrogen-bond donors (Lipinski definition) is 1. The van der Waals surface area contributed by atoms with E-state index in [0.29, 0.717) is 6.42 Å². The number of rotatable bonds is 12. The van der Waals surface area contributed by atoms with Gasteiger partial charge in [0.2, 0.25) is 11.8 Å². The Bertz CT molecular complexity index is 1080. The van der Waals surface area contributed by atoms with Crippen molar-refractivity contribution >= 4 is 27.7 Å².